The van der Waals surface area contributed by atoms with E-state index in [0.717, 1.165) is 50.6 Å². The summed E-state index contributed by atoms with van der Waals surface area (Å²) in [6, 6.07) is 16.9. The van der Waals surface area contributed by atoms with Crippen LogP contribution in [0.2, 0.25) is 0 Å². The largest absolute Gasteiger partial charge is 0.449 e. The van der Waals surface area contributed by atoms with Gasteiger partial charge < -0.3 is 15.4 Å². The number of benzene rings is 2. The highest BCUT2D eigenvalue weighted by molar-refractivity contribution is 5.79. The molecule has 0 fully saturated rings. The van der Waals surface area contributed by atoms with Crippen LogP contribution in [0.25, 0.3) is 11.1 Å². The smallest absolute Gasteiger partial charge is 0.407 e. The van der Waals surface area contributed by atoms with Gasteiger partial charge >= 0.3 is 6.09 Å². The number of hydrogen-bond acceptors (Lipinski definition) is 3. The van der Waals surface area contributed by atoms with E-state index in [1.807, 2.05) is 6.08 Å². The quantitative estimate of drug-likeness (QED) is 0.193. The molecule has 4 rings (SSSR count). The minimum absolute atomic E-state index is 0.0463. The Kier molecular flexibility index (Phi) is 10.2. The molecule has 2 aliphatic rings. The Hall–Kier alpha value is -3.53. The summed E-state index contributed by atoms with van der Waals surface area (Å²) in [5, 5.41) is 6.78. The number of hydrogen-bond donors (Lipinski definition) is 2. The third-order valence-electron chi connectivity index (χ3n) is 8.16. The number of unbranched alkanes of at least 4 members (excludes halogenated alkanes) is 2. The standard InChI is InChI=1S/C35H44N2O2/c1-5-7-9-22-34(25(3)26(4)36-28(6-2)23-27-16-10-8-11-17-27)37-35(38)39-24-33-31-20-14-12-18-29(31)30-19-13-15-21-32(30)33/h6,8,10,12-16,18-21,25,28,33-34,36H,2,4-5,7,9,11,17,22-24H2,1,3H3,(H,37,38). The molecule has 0 saturated carbocycles. The highest BCUT2D eigenvalue weighted by Crippen LogP contribution is 2.44. The van der Waals surface area contributed by atoms with Crippen LogP contribution in [-0.2, 0) is 4.74 Å². The number of amides is 1. The van der Waals surface area contributed by atoms with Crippen molar-refractivity contribution in [3.8, 4) is 11.1 Å². The SMILES string of the molecule is C=CC(CC1=CC=CCC1)NC(=C)C(C)C(CCCCC)NC(=O)OCC1c2ccccc2-c2ccccc21. The molecule has 2 aromatic carbocycles. The Morgan fingerprint density at radius 2 is 1.77 bits per heavy atom. The van der Waals surface area contributed by atoms with Gasteiger partial charge in [0.15, 0.2) is 0 Å². The summed E-state index contributed by atoms with van der Waals surface area (Å²) < 4.78 is 5.88. The number of allylic oxidation sites excluding steroid dienone is 3. The van der Waals surface area contributed by atoms with Crippen LogP contribution in [0, 0.1) is 5.92 Å². The summed E-state index contributed by atoms with van der Waals surface area (Å²) >= 11 is 0. The molecule has 39 heavy (non-hydrogen) atoms. The van der Waals surface area contributed by atoms with E-state index in [-0.39, 0.29) is 30.0 Å². The van der Waals surface area contributed by atoms with Gasteiger partial charge in [0, 0.05) is 29.6 Å². The van der Waals surface area contributed by atoms with E-state index in [0.29, 0.717) is 6.61 Å². The number of nitrogens with one attached hydrogen (secondary N) is 2. The minimum Gasteiger partial charge on any atom is -0.449 e. The maximum atomic E-state index is 13.1. The topological polar surface area (TPSA) is 50.4 Å². The summed E-state index contributed by atoms with van der Waals surface area (Å²) in [4.78, 5) is 13.1. The molecule has 1 amide bonds. The molecule has 3 unspecified atom stereocenters. The first-order chi connectivity index (χ1) is 19.0. The van der Waals surface area contributed by atoms with E-state index in [1.54, 1.807) is 0 Å². The average molecular weight is 525 g/mol. The van der Waals surface area contributed by atoms with Crippen molar-refractivity contribution in [1.82, 2.24) is 10.6 Å². The number of carbonyl (C=O) groups excluding carboxylic acids is 1. The van der Waals surface area contributed by atoms with Crippen LogP contribution in [-0.4, -0.2) is 24.8 Å². The highest BCUT2D eigenvalue weighted by atomic mass is 16.5. The van der Waals surface area contributed by atoms with Crippen LogP contribution in [0.4, 0.5) is 4.79 Å². The monoisotopic (exact) mass is 524 g/mol. The summed E-state index contributed by atoms with van der Waals surface area (Å²) in [5.41, 5.74) is 7.24. The Labute approximate surface area is 234 Å². The fourth-order valence-electron chi connectivity index (χ4n) is 5.76. The van der Waals surface area contributed by atoms with Crippen LogP contribution in [0.5, 0.6) is 0 Å². The Balaban J connectivity index is 1.37. The van der Waals surface area contributed by atoms with Crippen LogP contribution < -0.4 is 10.6 Å². The Morgan fingerprint density at radius 3 is 2.38 bits per heavy atom. The average Bonchev–Trinajstić information content (AvgIpc) is 3.29. The Morgan fingerprint density at radius 1 is 1.08 bits per heavy atom. The van der Waals surface area contributed by atoms with Crippen molar-refractivity contribution < 1.29 is 9.53 Å². The summed E-state index contributed by atoms with van der Waals surface area (Å²) in [7, 11) is 0. The van der Waals surface area contributed by atoms with Crippen LogP contribution in [0.1, 0.15) is 75.8 Å². The lowest BCUT2D eigenvalue weighted by Crippen LogP contribution is -2.43. The molecule has 0 heterocycles. The summed E-state index contributed by atoms with van der Waals surface area (Å²) in [5.74, 6) is 0.0954. The van der Waals surface area contributed by atoms with E-state index in [1.165, 1.54) is 27.8 Å². The van der Waals surface area contributed by atoms with E-state index < -0.39 is 0 Å². The lowest BCUT2D eigenvalue weighted by Gasteiger charge is -2.30. The van der Waals surface area contributed by atoms with E-state index in [9.17, 15) is 4.79 Å². The second-order valence-electron chi connectivity index (χ2n) is 10.9. The van der Waals surface area contributed by atoms with Crippen molar-refractivity contribution in [1.29, 1.82) is 0 Å². The molecule has 0 spiro atoms. The first-order valence-corrected chi connectivity index (χ1v) is 14.6. The molecule has 0 aliphatic heterocycles. The summed E-state index contributed by atoms with van der Waals surface area (Å²) in [6.45, 7) is 13.1. The molecule has 206 valence electrons. The molecule has 0 saturated heterocycles. The molecule has 2 aliphatic carbocycles. The van der Waals surface area contributed by atoms with Gasteiger partial charge in [0.05, 0.1) is 0 Å². The third kappa shape index (κ3) is 7.32. The fraction of sp³-hybridized carbons (Fsp3) is 0.400. The molecule has 0 aromatic heterocycles. The number of rotatable bonds is 14. The van der Waals surface area contributed by atoms with Crippen molar-refractivity contribution in [2.24, 2.45) is 5.92 Å². The molecule has 2 aromatic rings. The normalized spacial score (nSPS) is 16.3. The zero-order valence-electron chi connectivity index (χ0n) is 23.6. The van der Waals surface area contributed by atoms with Gasteiger partial charge in [-0.05, 0) is 47.9 Å². The van der Waals surface area contributed by atoms with Crippen LogP contribution in [0.3, 0.4) is 0 Å². The molecule has 2 N–H and O–H groups in total. The van der Waals surface area contributed by atoms with Crippen molar-refractivity contribution in [3.63, 3.8) is 0 Å². The number of alkyl carbamates (subject to hydrolysis) is 1. The van der Waals surface area contributed by atoms with Crippen molar-refractivity contribution in [3.05, 3.63) is 108 Å². The van der Waals surface area contributed by atoms with Crippen molar-refractivity contribution in [2.75, 3.05) is 6.61 Å². The first kappa shape index (κ1) is 28.5. The molecule has 4 nitrogen and oxygen atoms in total. The van der Waals surface area contributed by atoms with Gasteiger partial charge in [0.1, 0.15) is 6.61 Å². The second kappa shape index (κ2) is 14.0. The zero-order chi connectivity index (χ0) is 27.6. The first-order valence-electron chi connectivity index (χ1n) is 14.6. The maximum absolute atomic E-state index is 13.1. The molecular formula is C35H44N2O2. The van der Waals surface area contributed by atoms with E-state index in [2.05, 4.69) is 104 Å². The Bertz CT molecular complexity index is 1170. The van der Waals surface area contributed by atoms with Gasteiger partial charge in [-0.15, -0.1) is 6.58 Å². The van der Waals surface area contributed by atoms with Crippen LogP contribution >= 0.6 is 0 Å². The van der Waals surface area contributed by atoms with Gasteiger partial charge in [0.25, 0.3) is 0 Å². The maximum Gasteiger partial charge on any atom is 0.407 e. The van der Waals surface area contributed by atoms with Crippen molar-refractivity contribution in [2.45, 2.75) is 76.8 Å². The lowest BCUT2D eigenvalue weighted by atomic mass is 9.92. The molecule has 0 bridgehead atoms. The fourth-order valence-corrected chi connectivity index (χ4v) is 5.76. The minimum atomic E-state index is -0.363. The number of fused-ring (bicyclic) bond motifs is 3. The molecule has 0 radical (unpaired) electrons. The van der Waals surface area contributed by atoms with Gasteiger partial charge in [-0.25, -0.2) is 4.79 Å². The number of ether oxygens (including phenoxy) is 1. The molecule has 4 heteroatoms. The van der Waals surface area contributed by atoms with Gasteiger partial charge in [-0.3, -0.25) is 0 Å². The van der Waals surface area contributed by atoms with E-state index in [4.69, 9.17) is 4.74 Å². The molecular weight excluding hydrogens is 480 g/mol. The van der Waals surface area contributed by atoms with Gasteiger partial charge in [-0.1, -0.05) is 118 Å². The number of carbonyl (C=O) groups is 1. The van der Waals surface area contributed by atoms with Gasteiger partial charge in [-0.2, -0.15) is 0 Å². The predicted molar refractivity (Wildman–Crippen MR) is 163 cm³/mol. The van der Waals surface area contributed by atoms with Crippen molar-refractivity contribution >= 4 is 6.09 Å². The van der Waals surface area contributed by atoms with Crippen LogP contribution in [0.15, 0.2) is 97.3 Å². The second-order valence-corrected chi connectivity index (χ2v) is 10.9. The summed E-state index contributed by atoms with van der Waals surface area (Å²) in [6.07, 6.45) is 15.4. The lowest BCUT2D eigenvalue weighted by molar-refractivity contribution is 0.135. The zero-order valence-corrected chi connectivity index (χ0v) is 23.6. The van der Waals surface area contributed by atoms with E-state index >= 15 is 0 Å². The van der Waals surface area contributed by atoms with Gasteiger partial charge in [0.2, 0.25) is 0 Å². The predicted octanol–water partition coefficient (Wildman–Crippen LogP) is 8.43. The third-order valence-corrected chi connectivity index (χ3v) is 8.16. The molecule has 3 atom stereocenters. The highest BCUT2D eigenvalue weighted by Gasteiger charge is 2.30.